The van der Waals surface area contributed by atoms with Crippen LogP contribution in [0.4, 0.5) is 11.5 Å². The molecule has 27 heavy (non-hydrogen) atoms. The summed E-state index contributed by atoms with van der Waals surface area (Å²) < 4.78 is 0. The Morgan fingerprint density at radius 1 is 0.852 bits per heavy atom. The monoisotopic (exact) mass is 390 g/mol. The normalized spacial score (nSPS) is 10.6. The lowest BCUT2D eigenvalue weighted by atomic mass is 10.0. The number of thiocarbonyl (C=S) groups is 1. The molecule has 0 saturated carbocycles. The molecule has 0 radical (unpaired) electrons. The molecule has 6 heteroatoms. The molecule has 4 nitrogen and oxygen atoms in total. The average Bonchev–Trinajstić information content (AvgIpc) is 2.70. The minimum absolute atomic E-state index is 0.452. The minimum Gasteiger partial charge on any atom is -0.332 e. The molecule has 0 bridgehead atoms. The molecular weight excluding hydrogens is 376 g/mol. The third kappa shape index (κ3) is 3.89. The van der Waals surface area contributed by atoms with Gasteiger partial charge in [-0.2, -0.15) is 0 Å². The predicted molar refractivity (Wildman–Crippen MR) is 116 cm³/mol. The molecule has 0 spiro atoms. The Balaban J connectivity index is 1.64. The summed E-state index contributed by atoms with van der Waals surface area (Å²) in [7, 11) is 0. The third-order valence-electron chi connectivity index (χ3n) is 4.06. The highest BCUT2D eigenvalue weighted by molar-refractivity contribution is 7.80. The Bertz CT molecular complexity index is 1110. The van der Waals surface area contributed by atoms with Gasteiger partial charge in [0.25, 0.3) is 0 Å². The van der Waals surface area contributed by atoms with Crippen molar-refractivity contribution < 1.29 is 0 Å². The molecule has 2 N–H and O–H groups in total. The van der Waals surface area contributed by atoms with Crippen LogP contribution in [0.3, 0.4) is 0 Å². The number of pyridine rings is 2. The van der Waals surface area contributed by atoms with Crippen LogP contribution in [-0.4, -0.2) is 15.1 Å². The van der Waals surface area contributed by atoms with E-state index in [0.717, 1.165) is 27.7 Å². The summed E-state index contributed by atoms with van der Waals surface area (Å²) >= 11 is 11.8. The van der Waals surface area contributed by atoms with Gasteiger partial charge in [0.1, 0.15) is 5.82 Å². The standard InChI is InChI=1S/C21H15ClN4S/c22-18-9-8-15(25-21(27)26-19-7-3-4-11-23-19)13-17(18)20-16-6-2-1-5-14(16)10-12-24-20/h1-13H,(H2,23,25,26,27). The number of hydrogen-bond donors (Lipinski definition) is 2. The lowest BCUT2D eigenvalue weighted by Crippen LogP contribution is -2.19. The fraction of sp³-hybridized carbons (Fsp3) is 0. The van der Waals surface area contributed by atoms with Crippen molar-refractivity contribution in [3.63, 3.8) is 0 Å². The molecule has 2 aromatic heterocycles. The molecule has 4 aromatic rings. The van der Waals surface area contributed by atoms with Crippen LogP contribution in [0.25, 0.3) is 22.0 Å². The van der Waals surface area contributed by atoms with Gasteiger partial charge < -0.3 is 10.6 Å². The van der Waals surface area contributed by atoms with Gasteiger partial charge in [0.2, 0.25) is 0 Å². The van der Waals surface area contributed by atoms with Crippen LogP contribution in [0.2, 0.25) is 5.02 Å². The van der Waals surface area contributed by atoms with Crippen molar-refractivity contribution in [2.75, 3.05) is 10.6 Å². The van der Waals surface area contributed by atoms with Crippen molar-refractivity contribution >= 4 is 51.2 Å². The van der Waals surface area contributed by atoms with E-state index in [0.29, 0.717) is 16.0 Å². The zero-order valence-corrected chi connectivity index (χ0v) is 15.8. The molecular formula is C21H15ClN4S. The van der Waals surface area contributed by atoms with Crippen LogP contribution in [0, 0.1) is 0 Å². The van der Waals surface area contributed by atoms with Crippen LogP contribution >= 0.6 is 23.8 Å². The topological polar surface area (TPSA) is 49.8 Å². The maximum absolute atomic E-state index is 6.47. The van der Waals surface area contributed by atoms with Gasteiger partial charge in [0.05, 0.1) is 10.7 Å². The number of rotatable bonds is 3. The van der Waals surface area contributed by atoms with Gasteiger partial charge in [-0.25, -0.2) is 4.98 Å². The second-order valence-corrected chi connectivity index (χ2v) is 6.68. The van der Waals surface area contributed by atoms with Gasteiger partial charge in [0.15, 0.2) is 5.11 Å². The Morgan fingerprint density at radius 2 is 1.70 bits per heavy atom. The highest BCUT2D eigenvalue weighted by Gasteiger charge is 2.11. The van der Waals surface area contributed by atoms with Gasteiger partial charge in [-0.05, 0) is 54.0 Å². The first-order valence-electron chi connectivity index (χ1n) is 8.33. The van der Waals surface area contributed by atoms with Crippen LogP contribution in [0.5, 0.6) is 0 Å². The fourth-order valence-corrected chi connectivity index (χ4v) is 3.26. The van der Waals surface area contributed by atoms with Crippen molar-refractivity contribution in [1.29, 1.82) is 0 Å². The van der Waals surface area contributed by atoms with Crippen LogP contribution in [0.1, 0.15) is 0 Å². The number of nitrogens with zero attached hydrogens (tertiary/aromatic N) is 2. The average molecular weight is 391 g/mol. The molecule has 0 aliphatic carbocycles. The quantitative estimate of drug-likeness (QED) is 0.435. The first kappa shape index (κ1) is 17.4. The molecule has 0 atom stereocenters. The van der Waals surface area contributed by atoms with E-state index < -0.39 is 0 Å². The Morgan fingerprint density at radius 3 is 2.56 bits per heavy atom. The van der Waals surface area contributed by atoms with Crippen molar-refractivity contribution in [3.8, 4) is 11.3 Å². The number of anilines is 2. The molecule has 2 aromatic carbocycles. The zero-order chi connectivity index (χ0) is 18.6. The Hall–Kier alpha value is -3.02. The van der Waals surface area contributed by atoms with E-state index in [1.54, 1.807) is 12.4 Å². The molecule has 2 heterocycles. The predicted octanol–water partition coefficient (Wildman–Crippen LogP) is 5.76. The number of nitrogens with one attached hydrogen (secondary N) is 2. The number of benzene rings is 2. The van der Waals surface area contributed by atoms with Crippen molar-refractivity contribution in [2.24, 2.45) is 0 Å². The molecule has 0 amide bonds. The van der Waals surface area contributed by atoms with Gasteiger partial charge >= 0.3 is 0 Å². The van der Waals surface area contributed by atoms with E-state index in [9.17, 15) is 0 Å². The van der Waals surface area contributed by atoms with Gasteiger partial charge in [-0.15, -0.1) is 0 Å². The molecule has 132 valence electrons. The molecule has 0 fully saturated rings. The van der Waals surface area contributed by atoms with Crippen LogP contribution < -0.4 is 10.6 Å². The smallest absolute Gasteiger partial charge is 0.176 e. The van der Waals surface area contributed by atoms with E-state index in [1.165, 1.54) is 0 Å². The zero-order valence-electron chi connectivity index (χ0n) is 14.2. The van der Waals surface area contributed by atoms with Crippen molar-refractivity contribution in [2.45, 2.75) is 0 Å². The lowest BCUT2D eigenvalue weighted by molar-refractivity contribution is 1.32. The number of fused-ring (bicyclic) bond motifs is 1. The second-order valence-electron chi connectivity index (χ2n) is 5.87. The lowest BCUT2D eigenvalue weighted by Gasteiger charge is -2.13. The summed E-state index contributed by atoms with van der Waals surface area (Å²) in [6.45, 7) is 0. The summed E-state index contributed by atoms with van der Waals surface area (Å²) in [6, 6.07) is 21.3. The van der Waals surface area contributed by atoms with Crippen LogP contribution in [-0.2, 0) is 0 Å². The summed E-state index contributed by atoms with van der Waals surface area (Å²) in [4.78, 5) is 8.76. The van der Waals surface area contributed by atoms with E-state index in [4.69, 9.17) is 23.8 Å². The van der Waals surface area contributed by atoms with E-state index in [2.05, 4.69) is 26.7 Å². The highest BCUT2D eigenvalue weighted by Crippen LogP contribution is 2.33. The Labute approximate surface area is 167 Å². The van der Waals surface area contributed by atoms with E-state index in [-0.39, 0.29) is 0 Å². The molecule has 0 saturated heterocycles. The van der Waals surface area contributed by atoms with Crippen molar-refractivity contribution in [1.82, 2.24) is 9.97 Å². The minimum atomic E-state index is 0.452. The van der Waals surface area contributed by atoms with Crippen molar-refractivity contribution in [3.05, 3.63) is 84.1 Å². The van der Waals surface area contributed by atoms with Gasteiger partial charge in [-0.3, -0.25) is 4.98 Å². The number of aromatic nitrogens is 2. The second kappa shape index (κ2) is 7.70. The van der Waals surface area contributed by atoms with E-state index in [1.807, 2.05) is 60.7 Å². The maximum Gasteiger partial charge on any atom is 0.176 e. The fourth-order valence-electron chi connectivity index (χ4n) is 2.83. The van der Waals surface area contributed by atoms with Crippen LogP contribution in [0.15, 0.2) is 79.1 Å². The molecule has 4 rings (SSSR count). The summed E-state index contributed by atoms with van der Waals surface area (Å²) in [5, 5.41) is 9.47. The molecule has 0 aliphatic rings. The Kier molecular flexibility index (Phi) is 4.96. The maximum atomic E-state index is 6.47. The summed E-state index contributed by atoms with van der Waals surface area (Å²) in [6.07, 6.45) is 3.50. The van der Waals surface area contributed by atoms with Gasteiger partial charge in [0, 0.05) is 29.0 Å². The third-order valence-corrected chi connectivity index (χ3v) is 4.59. The number of halogens is 1. The first-order chi connectivity index (χ1) is 13.2. The first-order valence-corrected chi connectivity index (χ1v) is 9.12. The summed E-state index contributed by atoms with van der Waals surface area (Å²) in [5.74, 6) is 0.680. The SMILES string of the molecule is S=C(Nc1ccc(Cl)c(-c2nccc3ccccc23)c1)Nc1ccccn1. The van der Waals surface area contributed by atoms with E-state index >= 15 is 0 Å². The molecule has 0 unspecified atom stereocenters. The number of hydrogen-bond acceptors (Lipinski definition) is 3. The largest absolute Gasteiger partial charge is 0.332 e. The van der Waals surface area contributed by atoms with Gasteiger partial charge in [-0.1, -0.05) is 41.9 Å². The molecule has 0 aliphatic heterocycles. The summed E-state index contributed by atoms with van der Waals surface area (Å²) in [5.41, 5.74) is 2.50. The highest BCUT2D eigenvalue weighted by atomic mass is 35.5.